The molecule has 1 aromatic heterocycles. The van der Waals surface area contributed by atoms with Crippen molar-refractivity contribution >= 4 is 6.08 Å². The summed E-state index contributed by atoms with van der Waals surface area (Å²) < 4.78 is 0. The summed E-state index contributed by atoms with van der Waals surface area (Å²) in [6.07, 6.45) is 7.25. The molecule has 1 spiro atoms. The summed E-state index contributed by atoms with van der Waals surface area (Å²) >= 11 is 0. The highest BCUT2D eigenvalue weighted by molar-refractivity contribution is 5.57. The van der Waals surface area contributed by atoms with E-state index >= 15 is 0 Å². The second-order valence-corrected chi connectivity index (χ2v) is 4.85. The molecular weight excluding hydrogens is 198 g/mol. The molecule has 2 heterocycles. The molecule has 3 heteroatoms. The lowest BCUT2D eigenvalue weighted by atomic mass is 9.69. The van der Waals surface area contributed by atoms with Gasteiger partial charge in [0.25, 0.3) is 0 Å². The van der Waals surface area contributed by atoms with Crippen LogP contribution in [0.1, 0.15) is 24.1 Å². The van der Waals surface area contributed by atoms with Gasteiger partial charge in [0.05, 0.1) is 5.69 Å². The molecule has 0 radical (unpaired) electrons. The number of pyridine rings is 1. The number of nitrogens with two attached hydrogens (primary N) is 1. The first-order chi connectivity index (χ1) is 7.80. The first-order valence-electron chi connectivity index (χ1n) is 5.92. The fourth-order valence-corrected chi connectivity index (χ4v) is 2.87. The SMILES string of the molecule is NC1=Cc2ncccc2CC12CCNCC2. The van der Waals surface area contributed by atoms with Crippen molar-refractivity contribution in [3.05, 3.63) is 35.3 Å². The van der Waals surface area contributed by atoms with Crippen molar-refractivity contribution < 1.29 is 0 Å². The summed E-state index contributed by atoms with van der Waals surface area (Å²) in [4.78, 5) is 4.38. The molecule has 0 amide bonds. The number of hydrogen-bond donors (Lipinski definition) is 2. The Morgan fingerprint density at radius 3 is 2.94 bits per heavy atom. The molecule has 16 heavy (non-hydrogen) atoms. The molecule has 3 N–H and O–H groups in total. The highest BCUT2D eigenvalue weighted by Crippen LogP contribution is 2.42. The Hall–Kier alpha value is -1.35. The van der Waals surface area contributed by atoms with Crippen LogP contribution >= 0.6 is 0 Å². The summed E-state index contributed by atoms with van der Waals surface area (Å²) in [5.74, 6) is 0. The predicted octanol–water partition coefficient (Wildman–Crippen LogP) is 1.31. The lowest BCUT2D eigenvalue weighted by molar-refractivity contribution is 0.247. The van der Waals surface area contributed by atoms with E-state index in [1.165, 1.54) is 5.56 Å². The Morgan fingerprint density at radius 2 is 2.12 bits per heavy atom. The Bertz CT molecular complexity index is 431. The summed E-state index contributed by atoms with van der Waals surface area (Å²) in [7, 11) is 0. The normalized spacial score (nSPS) is 22.6. The Kier molecular flexibility index (Phi) is 2.21. The van der Waals surface area contributed by atoms with E-state index in [1.807, 2.05) is 12.3 Å². The second kappa shape index (κ2) is 3.59. The number of piperidine rings is 1. The van der Waals surface area contributed by atoms with Gasteiger partial charge in [-0.1, -0.05) is 6.07 Å². The van der Waals surface area contributed by atoms with Crippen LogP contribution in [0.25, 0.3) is 6.08 Å². The smallest absolute Gasteiger partial charge is 0.0679 e. The van der Waals surface area contributed by atoms with E-state index in [4.69, 9.17) is 5.73 Å². The zero-order valence-electron chi connectivity index (χ0n) is 9.37. The highest BCUT2D eigenvalue weighted by atomic mass is 14.9. The van der Waals surface area contributed by atoms with Crippen molar-refractivity contribution in [1.29, 1.82) is 0 Å². The maximum absolute atomic E-state index is 6.25. The molecule has 1 aliphatic heterocycles. The van der Waals surface area contributed by atoms with Gasteiger partial charge >= 0.3 is 0 Å². The molecule has 1 fully saturated rings. The van der Waals surface area contributed by atoms with E-state index in [0.717, 1.165) is 43.7 Å². The Balaban J connectivity index is 2.02. The quantitative estimate of drug-likeness (QED) is 0.686. The molecular formula is C13H17N3. The van der Waals surface area contributed by atoms with Crippen molar-refractivity contribution in [3.8, 4) is 0 Å². The lowest BCUT2D eigenvalue weighted by Gasteiger charge is -2.40. The third-order valence-corrected chi connectivity index (χ3v) is 3.92. The number of hydrogen-bond acceptors (Lipinski definition) is 3. The lowest BCUT2D eigenvalue weighted by Crippen LogP contribution is -2.42. The molecule has 2 aliphatic rings. The maximum Gasteiger partial charge on any atom is 0.0679 e. The molecule has 0 atom stereocenters. The molecule has 1 aromatic rings. The number of nitrogens with zero attached hydrogens (tertiary/aromatic N) is 1. The van der Waals surface area contributed by atoms with Crippen LogP contribution in [0.5, 0.6) is 0 Å². The minimum atomic E-state index is 0.196. The number of allylic oxidation sites excluding steroid dienone is 1. The average Bonchev–Trinajstić information content (AvgIpc) is 2.32. The zero-order chi connectivity index (χ0) is 11.0. The molecule has 1 aliphatic carbocycles. The van der Waals surface area contributed by atoms with Gasteiger partial charge in [0.15, 0.2) is 0 Å². The van der Waals surface area contributed by atoms with Crippen LogP contribution in [0.3, 0.4) is 0 Å². The van der Waals surface area contributed by atoms with Gasteiger partial charge < -0.3 is 11.1 Å². The van der Waals surface area contributed by atoms with Crippen LogP contribution < -0.4 is 11.1 Å². The number of rotatable bonds is 0. The van der Waals surface area contributed by atoms with Crippen molar-refractivity contribution in [1.82, 2.24) is 10.3 Å². The standard InChI is InChI=1S/C13H17N3/c14-12-8-11-10(2-1-5-16-11)9-13(12)3-6-15-7-4-13/h1-2,5,8,15H,3-4,6-7,9,14H2. The predicted molar refractivity (Wildman–Crippen MR) is 64.6 cm³/mol. The van der Waals surface area contributed by atoms with Crippen LogP contribution in [-0.4, -0.2) is 18.1 Å². The minimum Gasteiger partial charge on any atom is -0.402 e. The molecule has 3 rings (SSSR count). The van der Waals surface area contributed by atoms with E-state index in [0.29, 0.717) is 0 Å². The summed E-state index contributed by atoms with van der Waals surface area (Å²) in [5.41, 5.74) is 9.88. The minimum absolute atomic E-state index is 0.196. The van der Waals surface area contributed by atoms with E-state index in [1.54, 1.807) is 0 Å². The Morgan fingerprint density at radius 1 is 1.31 bits per heavy atom. The monoisotopic (exact) mass is 215 g/mol. The van der Waals surface area contributed by atoms with Gasteiger partial charge in [-0.15, -0.1) is 0 Å². The number of aromatic nitrogens is 1. The molecule has 84 valence electrons. The van der Waals surface area contributed by atoms with Gasteiger partial charge in [0, 0.05) is 17.3 Å². The topological polar surface area (TPSA) is 50.9 Å². The van der Waals surface area contributed by atoms with Crippen LogP contribution in [0, 0.1) is 5.41 Å². The summed E-state index contributed by atoms with van der Waals surface area (Å²) in [5, 5.41) is 3.40. The molecule has 0 bridgehead atoms. The van der Waals surface area contributed by atoms with E-state index in [9.17, 15) is 0 Å². The second-order valence-electron chi connectivity index (χ2n) is 4.85. The van der Waals surface area contributed by atoms with E-state index in [2.05, 4.69) is 22.4 Å². The van der Waals surface area contributed by atoms with Crippen LogP contribution in [0.2, 0.25) is 0 Å². The third kappa shape index (κ3) is 1.43. The summed E-state index contributed by atoms with van der Waals surface area (Å²) in [6, 6.07) is 4.19. The van der Waals surface area contributed by atoms with Crippen LogP contribution in [0.4, 0.5) is 0 Å². The van der Waals surface area contributed by atoms with Gasteiger partial charge in [0.2, 0.25) is 0 Å². The molecule has 0 saturated carbocycles. The fourth-order valence-electron chi connectivity index (χ4n) is 2.87. The average molecular weight is 215 g/mol. The number of nitrogens with one attached hydrogen (secondary N) is 1. The van der Waals surface area contributed by atoms with Crippen molar-refractivity contribution in [2.24, 2.45) is 11.1 Å². The molecule has 3 nitrogen and oxygen atoms in total. The molecule has 0 unspecified atom stereocenters. The van der Waals surface area contributed by atoms with Crippen LogP contribution in [-0.2, 0) is 6.42 Å². The zero-order valence-corrected chi connectivity index (χ0v) is 9.37. The molecule has 0 aromatic carbocycles. The maximum atomic E-state index is 6.25. The first kappa shape index (κ1) is 9.85. The van der Waals surface area contributed by atoms with Gasteiger partial charge in [0.1, 0.15) is 0 Å². The van der Waals surface area contributed by atoms with E-state index < -0.39 is 0 Å². The van der Waals surface area contributed by atoms with Gasteiger partial charge in [-0.05, 0) is 50.1 Å². The van der Waals surface area contributed by atoms with Gasteiger partial charge in [-0.2, -0.15) is 0 Å². The Labute approximate surface area is 95.8 Å². The van der Waals surface area contributed by atoms with Crippen molar-refractivity contribution in [3.63, 3.8) is 0 Å². The largest absolute Gasteiger partial charge is 0.402 e. The molecule has 1 saturated heterocycles. The van der Waals surface area contributed by atoms with Crippen LogP contribution in [0.15, 0.2) is 24.0 Å². The first-order valence-corrected chi connectivity index (χ1v) is 5.92. The highest BCUT2D eigenvalue weighted by Gasteiger charge is 2.37. The fraction of sp³-hybridized carbons (Fsp3) is 0.462. The van der Waals surface area contributed by atoms with Gasteiger partial charge in [-0.3, -0.25) is 4.98 Å². The third-order valence-electron chi connectivity index (χ3n) is 3.92. The van der Waals surface area contributed by atoms with Crippen molar-refractivity contribution in [2.75, 3.05) is 13.1 Å². The van der Waals surface area contributed by atoms with Gasteiger partial charge in [-0.25, -0.2) is 0 Å². The summed E-state index contributed by atoms with van der Waals surface area (Å²) in [6.45, 7) is 2.15. The van der Waals surface area contributed by atoms with E-state index in [-0.39, 0.29) is 5.41 Å². The number of fused-ring (bicyclic) bond motifs is 1. The van der Waals surface area contributed by atoms with Crippen molar-refractivity contribution in [2.45, 2.75) is 19.3 Å².